The van der Waals surface area contributed by atoms with Gasteiger partial charge in [-0.1, -0.05) is 24.3 Å². The van der Waals surface area contributed by atoms with Crippen LogP contribution in [0.15, 0.2) is 30.4 Å². The lowest BCUT2D eigenvalue weighted by Crippen LogP contribution is -2.73. The summed E-state index contributed by atoms with van der Waals surface area (Å²) in [6.45, 7) is 2.12. The molecule has 124 valence electrons. The summed E-state index contributed by atoms with van der Waals surface area (Å²) in [7, 11) is 0. The van der Waals surface area contributed by atoms with E-state index in [4.69, 9.17) is 0 Å². The summed E-state index contributed by atoms with van der Waals surface area (Å²) < 4.78 is 0. The molecule has 4 fully saturated rings. The van der Waals surface area contributed by atoms with Crippen molar-refractivity contribution in [3.8, 4) is 5.75 Å². The van der Waals surface area contributed by atoms with Gasteiger partial charge in [-0.3, -0.25) is 9.69 Å². The summed E-state index contributed by atoms with van der Waals surface area (Å²) in [4.78, 5) is 16.8. The van der Waals surface area contributed by atoms with Crippen LogP contribution >= 0.6 is 0 Å². The second-order valence-corrected chi connectivity index (χ2v) is 8.43. The predicted molar refractivity (Wildman–Crippen MR) is 91.1 cm³/mol. The highest BCUT2D eigenvalue weighted by Crippen LogP contribution is 2.74. The molecule has 24 heavy (non-hydrogen) atoms. The molecule has 1 aromatic rings. The van der Waals surface area contributed by atoms with Crippen molar-refractivity contribution in [1.82, 2.24) is 4.90 Å². The summed E-state index contributed by atoms with van der Waals surface area (Å²) in [6.07, 6.45) is 11.4. The minimum atomic E-state index is -0.137. The molecular weight excluding hydrogens is 300 g/mol. The number of fused-ring (bicyclic) bond motifs is 3. The Morgan fingerprint density at radius 2 is 2.00 bits per heavy atom. The monoisotopic (exact) mass is 322 g/mol. The summed E-state index contributed by atoms with van der Waals surface area (Å²) in [5.74, 6) is 0.264. The molecule has 0 radical (unpaired) electrons. The van der Waals surface area contributed by atoms with E-state index in [9.17, 15) is 9.90 Å². The molecular formula is C20H22N2O2. The second-order valence-electron chi connectivity index (χ2n) is 8.43. The smallest absolute Gasteiger partial charge is 0.214 e. The Balaban J connectivity index is 1.72. The zero-order chi connectivity index (χ0) is 16.2. The number of phenolic OH excluding ortho intramolecular Hbond substituents is 1. The number of rotatable bonds is 1. The molecule has 1 amide bonds. The Bertz CT molecular complexity index is 793. The van der Waals surface area contributed by atoms with Crippen LogP contribution in [0.2, 0.25) is 0 Å². The van der Waals surface area contributed by atoms with Gasteiger partial charge in [-0.15, -0.1) is 0 Å². The van der Waals surface area contributed by atoms with Crippen molar-refractivity contribution >= 4 is 12.1 Å². The molecule has 7 rings (SSSR count). The topological polar surface area (TPSA) is 43.8 Å². The van der Waals surface area contributed by atoms with E-state index in [1.807, 2.05) is 11.0 Å². The lowest BCUT2D eigenvalue weighted by atomic mass is 9.42. The van der Waals surface area contributed by atoms with E-state index in [0.29, 0.717) is 6.04 Å². The molecule has 3 aliphatic carbocycles. The molecule has 4 heteroatoms. The number of carbonyl (C=O) groups excluding carboxylic acids is 1. The first kappa shape index (κ1) is 13.5. The van der Waals surface area contributed by atoms with Crippen molar-refractivity contribution in [2.24, 2.45) is 5.41 Å². The van der Waals surface area contributed by atoms with Gasteiger partial charge in [-0.2, -0.15) is 0 Å². The third-order valence-corrected chi connectivity index (χ3v) is 8.10. The molecule has 3 aliphatic heterocycles. The van der Waals surface area contributed by atoms with Gasteiger partial charge in [0.1, 0.15) is 5.75 Å². The van der Waals surface area contributed by atoms with Crippen molar-refractivity contribution in [1.29, 1.82) is 0 Å². The van der Waals surface area contributed by atoms with Crippen LogP contribution in [0, 0.1) is 5.41 Å². The maximum Gasteiger partial charge on any atom is 0.214 e. The van der Waals surface area contributed by atoms with Crippen molar-refractivity contribution in [2.45, 2.75) is 49.1 Å². The first-order valence-electron chi connectivity index (χ1n) is 9.17. The summed E-state index contributed by atoms with van der Waals surface area (Å²) in [5, 5.41) is 10.6. The van der Waals surface area contributed by atoms with Crippen LogP contribution in [-0.4, -0.2) is 41.1 Å². The van der Waals surface area contributed by atoms with Crippen LogP contribution in [0.5, 0.6) is 5.75 Å². The van der Waals surface area contributed by atoms with Gasteiger partial charge in [-0.25, -0.2) is 0 Å². The third-order valence-electron chi connectivity index (χ3n) is 8.10. The van der Waals surface area contributed by atoms with Crippen LogP contribution in [0.4, 0.5) is 5.69 Å². The van der Waals surface area contributed by atoms with Crippen LogP contribution in [-0.2, 0) is 10.2 Å². The fourth-order valence-electron chi connectivity index (χ4n) is 7.47. The van der Waals surface area contributed by atoms with Crippen LogP contribution in [0.25, 0.3) is 0 Å². The largest absolute Gasteiger partial charge is 0.506 e. The fraction of sp³-hybridized carbons (Fsp3) is 0.550. The van der Waals surface area contributed by atoms with Crippen molar-refractivity contribution < 1.29 is 9.90 Å². The van der Waals surface area contributed by atoms with E-state index in [1.54, 1.807) is 6.07 Å². The van der Waals surface area contributed by atoms with Crippen LogP contribution in [0.3, 0.4) is 0 Å². The van der Waals surface area contributed by atoms with Crippen LogP contribution < -0.4 is 4.90 Å². The van der Waals surface area contributed by atoms with Gasteiger partial charge in [-0.05, 0) is 50.3 Å². The maximum absolute atomic E-state index is 12.2. The number of hydrogen-bond acceptors (Lipinski definition) is 3. The van der Waals surface area contributed by atoms with E-state index in [1.165, 1.54) is 5.56 Å². The average Bonchev–Trinajstić information content (AvgIpc) is 3.13. The molecule has 3 spiro atoms. The molecule has 4 nitrogen and oxygen atoms in total. The molecule has 3 heterocycles. The number of amides is 1. The zero-order valence-corrected chi connectivity index (χ0v) is 13.7. The SMILES string of the molecule is O=CN1c2c(O)cccc2C23CCN4CC=CC5(CCC12CC5)C43. The molecule has 2 unspecified atom stereocenters. The van der Waals surface area contributed by atoms with Gasteiger partial charge in [0.05, 0.1) is 11.2 Å². The lowest BCUT2D eigenvalue weighted by Gasteiger charge is -2.66. The third kappa shape index (κ3) is 1.10. The summed E-state index contributed by atoms with van der Waals surface area (Å²) >= 11 is 0. The number of nitrogens with zero attached hydrogens (tertiary/aromatic N) is 2. The average molecular weight is 322 g/mol. The van der Waals surface area contributed by atoms with Crippen LogP contribution in [0.1, 0.15) is 37.7 Å². The Labute approximate surface area is 141 Å². The number of phenols is 1. The van der Waals surface area contributed by atoms with E-state index in [2.05, 4.69) is 23.1 Å². The molecule has 6 aliphatic rings. The van der Waals surface area contributed by atoms with E-state index < -0.39 is 0 Å². The van der Waals surface area contributed by atoms with Gasteiger partial charge >= 0.3 is 0 Å². The Morgan fingerprint density at radius 3 is 2.79 bits per heavy atom. The second kappa shape index (κ2) is 3.88. The molecule has 1 aromatic carbocycles. The van der Waals surface area contributed by atoms with Crippen molar-refractivity contribution in [2.75, 3.05) is 18.0 Å². The first-order chi connectivity index (χ1) is 11.7. The first-order valence-corrected chi connectivity index (χ1v) is 9.17. The number of carbonyl (C=O) groups is 1. The fourth-order valence-corrected chi connectivity index (χ4v) is 7.47. The molecule has 0 aromatic heterocycles. The van der Waals surface area contributed by atoms with Gasteiger partial charge in [0.2, 0.25) is 6.41 Å². The minimum Gasteiger partial charge on any atom is -0.506 e. The van der Waals surface area contributed by atoms with Gasteiger partial charge in [0.25, 0.3) is 0 Å². The molecule has 2 atom stereocenters. The van der Waals surface area contributed by atoms with E-state index >= 15 is 0 Å². The van der Waals surface area contributed by atoms with Crippen molar-refractivity contribution in [3.63, 3.8) is 0 Å². The molecule has 1 N–H and O–H groups in total. The van der Waals surface area contributed by atoms with E-state index in [0.717, 1.165) is 57.3 Å². The number of para-hydroxylation sites is 1. The molecule has 1 saturated heterocycles. The highest BCUT2D eigenvalue weighted by atomic mass is 16.3. The Morgan fingerprint density at radius 1 is 1.17 bits per heavy atom. The van der Waals surface area contributed by atoms with Gasteiger partial charge in [0, 0.05) is 23.4 Å². The predicted octanol–water partition coefficient (Wildman–Crippen LogP) is 2.56. The number of aromatic hydroxyl groups is 1. The van der Waals surface area contributed by atoms with E-state index in [-0.39, 0.29) is 22.1 Å². The summed E-state index contributed by atoms with van der Waals surface area (Å²) in [6, 6.07) is 6.34. The summed E-state index contributed by atoms with van der Waals surface area (Å²) in [5.41, 5.74) is 2.13. The van der Waals surface area contributed by atoms with Gasteiger partial charge in [0.15, 0.2) is 0 Å². The highest BCUT2D eigenvalue weighted by Gasteiger charge is 2.76. The zero-order valence-electron chi connectivity index (χ0n) is 13.7. The van der Waals surface area contributed by atoms with Crippen molar-refractivity contribution in [3.05, 3.63) is 35.9 Å². The maximum atomic E-state index is 12.2. The lowest BCUT2D eigenvalue weighted by molar-refractivity contribution is -0.112. The highest BCUT2D eigenvalue weighted by molar-refractivity contribution is 5.89. The number of benzene rings is 1. The Kier molecular flexibility index (Phi) is 2.18. The normalized spacial score (nSPS) is 44.3. The quantitative estimate of drug-likeness (QED) is 0.638. The number of hydrogen-bond donors (Lipinski definition) is 1. The molecule has 3 saturated carbocycles. The molecule has 2 bridgehead atoms. The van der Waals surface area contributed by atoms with Gasteiger partial charge < -0.3 is 10.0 Å². The number of anilines is 1. The Hall–Kier alpha value is -1.81. The minimum absolute atomic E-state index is 0.0107. The standard InChI is InChI=1S/C20H22N2O2/c23-13-22-16-14(3-1-4-15(16)24)20-10-12-21-11-2-5-18(17(20)21)6-8-19(20,22)9-7-18/h1-5,13,17,24H,6-12H2.